The maximum Gasteiger partial charge on any atom is 0.158 e. The van der Waals surface area contributed by atoms with Crippen molar-refractivity contribution in [3.63, 3.8) is 0 Å². The number of hydrogen-bond donors (Lipinski definition) is 1. The maximum atomic E-state index is 6.58. The van der Waals surface area contributed by atoms with Gasteiger partial charge in [-0.05, 0) is 101 Å². The summed E-state index contributed by atoms with van der Waals surface area (Å²) in [5.74, 6) is 1.91. The van der Waals surface area contributed by atoms with Gasteiger partial charge in [0, 0.05) is 52.3 Å². The van der Waals surface area contributed by atoms with Crippen LogP contribution in [0.1, 0.15) is 36.5 Å². The van der Waals surface area contributed by atoms with Gasteiger partial charge in [0.15, 0.2) is 11.2 Å². The van der Waals surface area contributed by atoms with Crippen LogP contribution in [0.25, 0.3) is 78.6 Å². The van der Waals surface area contributed by atoms with Crippen LogP contribution in [-0.2, 0) is 12.8 Å². The first-order valence-electron chi connectivity index (χ1n) is 23.3. The van der Waals surface area contributed by atoms with E-state index >= 15 is 0 Å². The van der Waals surface area contributed by atoms with Gasteiger partial charge < -0.3 is 19.1 Å². The van der Waals surface area contributed by atoms with Crippen molar-refractivity contribution < 1.29 is 8.83 Å². The van der Waals surface area contributed by atoms with Gasteiger partial charge in [0.1, 0.15) is 11.5 Å². The Kier molecular flexibility index (Phi) is 12.7. The molecule has 330 valence electrons. The molecule has 0 atom stereocenters. The van der Waals surface area contributed by atoms with Gasteiger partial charge in [-0.25, -0.2) is 0 Å². The third-order valence-electron chi connectivity index (χ3n) is 12.5. The Morgan fingerprint density at radius 1 is 0.574 bits per heavy atom. The van der Waals surface area contributed by atoms with Gasteiger partial charge in [0.05, 0.1) is 11.4 Å². The summed E-state index contributed by atoms with van der Waals surface area (Å²) in [5, 5.41) is 5.78. The lowest BCUT2D eigenvalue weighted by Crippen LogP contribution is -2.08. The lowest BCUT2D eigenvalue weighted by atomic mass is 9.92. The van der Waals surface area contributed by atoms with Crippen molar-refractivity contribution in [1.29, 1.82) is 0 Å². The zero-order valence-corrected chi connectivity index (χ0v) is 38.4. The highest BCUT2D eigenvalue weighted by molar-refractivity contribution is 5.99. The van der Waals surface area contributed by atoms with E-state index in [1.165, 1.54) is 27.8 Å². The molecule has 0 aliphatic heterocycles. The Hall–Kier alpha value is -8.60. The van der Waals surface area contributed by atoms with E-state index in [1.54, 1.807) is 0 Å². The van der Waals surface area contributed by atoms with Gasteiger partial charge in [0.2, 0.25) is 0 Å². The summed E-state index contributed by atoms with van der Waals surface area (Å²) in [6.45, 7) is 8.16. The molecule has 7 aromatic carbocycles. The van der Waals surface area contributed by atoms with Crippen molar-refractivity contribution in [2.24, 2.45) is 0 Å². The van der Waals surface area contributed by atoms with Gasteiger partial charge in [0.25, 0.3) is 0 Å². The average Bonchev–Trinajstić information content (AvgIpc) is 3.85. The summed E-state index contributed by atoms with van der Waals surface area (Å²) >= 11 is 0. The first-order chi connectivity index (χ1) is 33.6. The number of allylic oxidation sites excluding steroid dienone is 10. The van der Waals surface area contributed by atoms with E-state index in [4.69, 9.17) is 8.83 Å². The third-order valence-corrected chi connectivity index (χ3v) is 12.5. The zero-order chi connectivity index (χ0) is 46.2. The van der Waals surface area contributed by atoms with Crippen LogP contribution >= 0.6 is 0 Å². The minimum absolute atomic E-state index is 0.708. The lowest BCUT2D eigenvalue weighted by molar-refractivity contribution is 0.564. The monoisotopic (exact) mass is 880 g/mol. The molecule has 10 rings (SSSR count). The van der Waals surface area contributed by atoms with E-state index in [-0.39, 0.29) is 0 Å². The Balaban J connectivity index is 0.861. The Morgan fingerprint density at radius 2 is 1.19 bits per heavy atom. The van der Waals surface area contributed by atoms with Gasteiger partial charge in [-0.15, -0.1) is 0 Å². The summed E-state index contributed by atoms with van der Waals surface area (Å²) in [4.78, 5) is 2.19. The fourth-order valence-electron chi connectivity index (χ4n) is 9.06. The molecule has 0 saturated heterocycles. The second kappa shape index (κ2) is 19.9. The number of fused-ring (bicyclic) bond motifs is 4. The number of benzene rings is 7. The molecule has 0 fully saturated rings. The van der Waals surface area contributed by atoms with E-state index < -0.39 is 0 Å². The van der Waals surface area contributed by atoms with Crippen molar-refractivity contribution >= 4 is 56.8 Å². The highest BCUT2D eigenvalue weighted by Crippen LogP contribution is 2.40. The summed E-state index contributed by atoms with van der Waals surface area (Å²) in [6, 6.07) is 56.4. The molecule has 9 aromatic rings. The molecule has 0 bridgehead atoms. The summed E-state index contributed by atoms with van der Waals surface area (Å²) < 4.78 is 12.9. The summed E-state index contributed by atoms with van der Waals surface area (Å²) in [7, 11) is 0. The second-order valence-corrected chi connectivity index (χ2v) is 16.8. The smallest absolute Gasteiger partial charge is 0.158 e. The van der Waals surface area contributed by atoms with Crippen molar-refractivity contribution in [1.82, 2.24) is 0 Å². The van der Waals surface area contributed by atoms with Gasteiger partial charge >= 0.3 is 0 Å². The molecule has 4 nitrogen and oxygen atoms in total. The molecule has 1 N–H and O–H groups in total. The van der Waals surface area contributed by atoms with E-state index in [0.29, 0.717) is 6.42 Å². The number of nitrogens with one attached hydrogen (secondary N) is 1. The first kappa shape index (κ1) is 43.3. The van der Waals surface area contributed by atoms with Gasteiger partial charge in [-0.2, -0.15) is 0 Å². The molecule has 68 heavy (non-hydrogen) atoms. The number of anilines is 4. The van der Waals surface area contributed by atoms with E-state index in [0.717, 1.165) is 90.4 Å². The van der Waals surface area contributed by atoms with Crippen molar-refractivity contribution in [3.05, 3.63) is 254 Å². The summed E-state index contributed by atoms with van der Waals surface area (Å²) in [5.41, 5.74) is 17.2. The fraction of sp³-hybridized carbons (Fsp3) is 0.0625. The van der Waals surface area contributed by atoms with Gasteiger partial charge in [-0.1, -0.05) is 195 Å². The van der Waals surface area contributed by atoms with Crippen LogP contribution in [0.4, 0.5) is 22.7 Å². The molecule has 0 unspecified atom stereocenters. The molecule has 0 spiro atoms. The molecule has 0 radical (unpaired) electrons. The second-order valence-electron chi connectivity index (χ2n) is 16.8. The predicted molar refractivity (Wildman–Crippen MR) is 290 cm³/mol. The van der Waals surface area contributed by atoms with Crippen LogP contribution < -0.4 is 10.2 Å². The molecular weight excluding hydrogens is 829 g/mol. The van der Waals surface area contributed by atoms with Crippen LogP contribution in [0.15, 0.2) is 240 Å². The zero-order valence-electron chi connectivity index (χ0n) is 38.4. The van der Waals surface area contributed by atoms with Crippen molar-refractivity contribution in [3.8, 4) is 44.5 Å². The van der Waals surface area contributed by atoms with Crippen LogP contribution in [-0.4, -0.2) is 0 Å². The Bertz CT molecular complexity index is 3420. The summed E-state index contributed by atoms with van der Waals surface area (Å²) in [6.07, 6.45) is 28.2. The van der Waals surface area contributed by atoms with Gasteiger partial charge in [-0.3, -0.25) is 0 Å². The molecule has 1 aliphatic rings. The van der Waals surface area contributed by atoms with Crippen LogP contribution in [0.5, 0.6) is 0 Å². The number of furan rings is 2. The van der Waals surface area contributed by atoms with Crippen molar-refractivity contribution in [2.75, 3.05) is 10.2 Å². The SMILES string of the molecule is C=Cc1c(C/C=C\C)oc2c(N(/C=C/C=C\C=C/C)c3ccc(-c4ccc(-c5ccccc5-c5ccc(-c6ccc(Nc7cccc8c9c(oc78)CC=CC=C9)cc6)cc5)cc4)cc3)cccc12. The highest BCUT2D eigenvalue weighted by Gasteiger charge is 2.19. The van der Waals surface area contributed by atoms with Crippen LogP contribution in [0.2, 0.25) is 0 Å². The molecular formula is C64H52N2O2. The molecule has 2 aromatic heterocycles. The van der Waals surface area contributed by atoms with Crippen molar-refractivity contribution in [2.45, 2.75) is 26.7 Å². The molecule has 0 saturated carbocycles. The highest BCUT2D eigenvalue weighted by atomic mass is 16.3. The number of hydrogen-bond acceptors (Lipinski definition) is 4. The number of para-hydroxylation sites is 2. The van der Waals surface area contributed by atoms with E-state index in [9.17, 15) is 0 Å². The lowest BCUT2D eigenvalue weighted by Gasteiger charge is -2.21. The fourth-order valence-corrected chi connectivity index (χ4v) is 9.06. The predicted octanol–water partition coefficient (Wildman–Crippen LogP) is 18.3. The molecule has 2 heterocycles. The normalized spacial score (nSPS) is 12.6. The third kappa shape index (κ3) is 8.88. The first-order valence-corrected chi connectivity index (χ1v) is 23.3. The standard InChI is InChI=1S/C64H52N2O2/c1-4-7-9-10-16-44-66(60-25-18-23-57-53(6-3)61(26-8-5-2)68-64(57)60)52-42-38-48(39-43-52)46-30-34-50(35-31-46)55-20-15-14-19-54(55)49-32-28-45(29-33-49)47-36-40-51(41-37-47)65-59-24-17-22-58-56-21-12-11-13-27-62(56)67-63(58)59/h4-25,28-44,65H,3,26-27H2,1-2H3/b7-4-,8-5-,10-9-,44-16+. The van der Waals surface area contributed by atoms with Crippen LogP contribution in [0.3, 0.4) is 0 Å². The molecule has 0 amide bonds. The van der Waals surface area contributed by atoms with Crippen LogP contribution in [0, 0.1) is 0 Å². The molecule has 4 heteroatoms. The Morgan fingerprint density at radius 3 is 1.85 bits per heavy atom. The topological polar surface area (TPSA) is 41.6 Å². The Labute approximate surface area is 399 Å². The quantitative estimate of drug-likeness (QED) is 0.0873. The van der Waals surface area contributed by atoms with E-state index in [2.05, 4.69) is 217 Å². The minimum Gasteiger partial charge on any atom is -0.458 e. The average molecular weight is 881 g/mol. The largest absolute Gasteiger partial charge is 0.458 e. The number of rotatable bonds is 14. The van der Waals surface area contributed by atoms with E-state index in [1.807, 2.05) is 50.3 Å². The molecule has 1 aliphatic carbocycles. The maximum absolute atomic E-state index is 6.58. The minimum atomic E-state index is 0.708. The number of nitrogens with zero attached hydrogens (tertiary/aromatic N) is 1.